The van der Waals surface area contributed by atoms with Crippen molar-refractivity contribution in [1.29, 1.82) is 0 Å². The predicted molar refractivity (Wildman–Crippen MR) is 108 cm³/mol. The molecule has 0 bridgehead atoms. The summed E-state index contributed by atoms with van der Waals surface area (Å²) >= 11 is 0. The summed E-state index contributed by atoms with van der Waals surface area (Å²) in [6.45, 7) is 1.97. The first-order valence-electron chi connectivity index (χ1n) is 9.63. The van der Waals surface area contributed by atoms with Gasteiger partial charge in [0.05, 0.1) is 5.92 Å². The Hall–Kier alpha value is -3.08. The van der Waals surface area contributed by atoms with Gasteiger partial charge in [-0.25, -0.2) is 0 Å². The third kappa shape index (κ3) is 2.78. The third-order valence-corrected chi connectivity index (χ3v) is 6.26. The van der Waals surface area contributed by atoms with Crippen LogP contribution >= 0.6 is 0 Å². The van der Waals surface area contributed by atoms with Gasteiger partial charge in [0.1, 0.15) is 6.54 Å². The van der Waals surface area contributed by atoms with Gasteiger partial charge in [0.25, 0.3) is 0 Å². The maximum absolute atomic E-state index is 12.5. The molecular formula is C23H24N2O3. The van der Waals surface area contributed by atoms with Crippen molar-refractivity contribution >= 4 is 22.8 Å². The number of primary amides is 1. The lowest BCUT2D eigenvalue weighted by Gasteiger charge is -2.41. The van der Waals surface area contributed by atoms with Gasteiger partial charge in [0.15, 0.2) is 0 Å². The molecule has 3 N–H and O–H groups in total. The number of aromatic nitrogens is 1. The maximum atomic E-state index is 12.5. The summed E-state index contributed by atoms with van der Waals surface area (Å²) in [5, 5.41) is 10.5. The summed E-state index contributed by atoms with van der Waals surface area (Å²) in [7, 11) is 0. The highest BCUT2D eigenvalue weighted by Crippen LogP contribution is 2.49. The molecule has 0 saturated carbocycles. The first-order chi connectivity index (χ1) is 13.5. The highest BCUT2D eigenvalue weighted by molar-refractivity contribution is 5.92. The number of hydrogen-bond acceptors (Lipinski definition) is 2. The van der Waals surface area contributed by atoms with Gasteiger partial charge in [-0.05, 0) is 36.5 Å². The Bertz CT molecular complexity index is 1050. The fourth-order valence-electron chi connectivity index (χ4n) is 4.90. The highest BCUT2D eigenvalue weighted by atomic mass is 16.4. The Labute approximate surface area is 163 Å². The van der Waals surface area contributed by atoms with Gasteiger partial charge in [-0.2, -0.15) is 0 Å². The van der Waals surface area contributed by atoms with Crippen molar-refractivity contribution in [1.82, 2.24) is 4.57 Å². The zero-order valence-electron chi connectivity index (χ0n) is 15.9. The van der Waals surface area contributed by atoms with Crippen molar-refractivity contribution in [2.45, 2.75) is 44.1 Å². The van der Waals surface area contributed by atoms with E-state index in [0.29, 0.717) is 6.42 Å². The molecule has 0 saturated heterocycles. The van der Waals surface area contributed by atoms with E-state index in [2.05, 4.69) is 19.1 Å². The van der Waals surface area contributed by atoms with E-state index in [1.165, 1.54) is 5.56 Å². The van der Waals surface area contributed by atoms with Crippen LogP contribution in [0.1, 0.15) is 42.5 Å². The van der Waals surface area contributed by atoms with Crippen LogP contribution in [0.3, 0.4) is 0 Å². The topological polar surface area (TPSA) is 85.3 Å². The van der Waals surface area contributed by atoms with E-state index < -0.39 is 17.8 Å². The number of aliphatic carboxylic acids is 1. The van der Waals surface area contributed by atoms with E-state index in [0.717, 1.165) is 35.0 Å². The monoisotopic (exact) mass is 376 g/mol. The number of benzene rings is 2. The van der Waals surface area contributed by atoms with Crippen molar-refractivity contribution in [3.63, 3.8) is 0 Å². The summed E-state index contributed by atoms with van der Waals surface area (Å²) in [6.07, 6.45) is 2.23. The normalized spacial score (nSPS) is 21.4. The largest absolute Gasteiger partial charge is 0.480 e. The van der Waals surface area contributed by atoms with E-state index >= 15 is 0 Å². The summed E-state index contributed by atoms with van der Waals surface area (Å²) < 4.78 is 1.77. The molecule has 144 valence electrons. The number of carboxylic acid groups (broad SMARTS) is 1. The number of carbonyl (C=O) groups is 2. The van der Waals surface area contributed by atoms with Crippen LogP contribution in [0.5, 0.6) is 0 Å². The highest BCUT2D eigenvalue weighted by Gasteiger charge is 2.44. The summed E-state index contributed by atoms with van der Waals surface area (Å²) in [4.78, 5) is 24.1. The van der Waals surface area contributed by atoms with Gasteiger partial charge < -0.3 is 15.4 Å². The molecule has 5 nitrogen and oxygen atoms in total. The first-order valence-corrected chi connectivity index (χ1v) is 9.63. The maximum Gasteiger partial charge on any atom is 0.323 e. The van der Waals surface area contributed by atoms with Crippen molar-refractivity contribution in [3.8, 4) is 0 Å². The van der Waals surface area contributed by atoms with Gasteiger partial charge in [0.2, 0.25) is 5.91 Å². The second-order valence-corrected chi connectivity index (χ2v) is 7.70. The van der Waals surface area contributed by atoms with E-state index in [4.69, 9.17) is 5.73 Å². The minimum Gasteiger partial charge on any atom is -0.480 e. The molecule has 2 aromatic carbocycles. The van der Waals surface area contributed by atoms with Crippen LogP contribution in [-0.4, -0.2) is 21.6 Å². The molecule has 0 aliphatic heterocycles. The number of hydrogen-bond donors (Lipinski definition) is 2. The lowest BCUT2D eigenvalue weighted by atomic mass is 9.63. The molecular weight excluding hydrogens is 352 g/mol. The Morgan fingerprint density at radius 3 is 2.46 bits per heavy atom. The molecule has 0 radical (unpaired) electrons. The van der Waals surface area contributed by atoms with Crippen LogP contribution in [-0.2, 0) is 28.0 Å². The number of para-hydroxylation sites is 1. The third-order valence-electron chi connectivity index (χ3n) is 6.26. The zero-order valence-corrected chi connectivity index (χ0v) is 15.9. The van der Waals surface area contributed by atoms with Gasteiger partial charge in [-0.3, -0.25) is 9.59 Å². The molecule has 1 amide bonds. The number of carboxylic acids is 1. The minimum absolute atomic E-state index is 0.176. The van der Waals surface area contributed by atoms with Gasteiger partial charge >= 0.3 is 5.97 Å². The van der Waals surface area contributed by atoms with Gasteiger partial charge in [0, 0.05) is 22.0 Å². The first kappa shape index (κ1) is 18.3. The molecule has 1 aliphatic rings. The predicted octanol–water partition coefficient (Wildman–Crippen LogP) is 3.59. The number of carbonyl (C=O) groups excluding carboxylic acids is 1. The molecule has 2 atom stereocenters. The molecule has 0 spiro atoms. The van der Waals surface area contributed by atoms with Crippen LogP contribution in [0.15, 0.2) is 54.6 Å². The molecule has 3 aromatic rings. The SMILES string of the molecule is CCC1(c2ccccc2)Cc2c(n(CC(=O)O)c3ccccc23)C(C(N)=O)C1. The fraction of sp³-hybridized carbons (Fsp3) is 0.304. The van der Waals surface area contributed by atoms with E-state index in [1.54, 1.807) is 4.57 Å². The van der Waals surface area contributed by atoms with Crippen molar-refractivity contribution in [2.24, 2.45) is 5.73 Å². The Morgan fingerprint density at radius 1 is 1.14 bits per heavy atom. The molecule has 4 rings (SSSR count). The van der Waals surface area contributed by atoms with Crippen LogP contribution in [0.4, 0.5) is 0 Å². The van der Waals surface area contributed by atoms with E-state index in [1.807, 2.05) is 42.5 Å². The van der Waals surface area contributed by atoms with Crippen LogP contribution < -0.4 is 5.73 Å². The number of rotatable bonds is 5. The van der Waals surface area contributed by atoms with Crippen LogP contribution in [0.2, 0.25) is 0 Å². The second-order valence-electron chi connectivity index (χ2n) is 7.70. The molecule has 1 aromatic heterocycles. The van der Waals surface area contributed by atoms with Crippen LogP contribution in [0, 0.1) is 0 Å². The second kappa shape index (κ2) is 6.82. The van der Waals surface area contributed by atoms with Crippen molar-refractivity contribution < 1.29 is 14.7 Å². The fourth-order valence-corrected chi connectivity index (χ4v) is 4.90. The molecule has 0 fully saturated rings. The molecule has 2 unspecified atom stereocenters. The number of nitrogens with two attached hydrogens (primary N) is 1. The number of nitrogens with zero attached hydrogens (tertiary/aromatic N) is 1. The molecule has 28 heavy (non-hydrogen) atoms. The Morgan fingerprint density at radius 2 is 1.82 bits per heavy atom. The Balaban J connectivity index is 2.00. The molecule has 1 heterocycles. The van der Waals surface area contributed by atoms with Crippen LogP contribution in [0.25, 0.3) is 10.9 Å². The van der Waals surface area contributed by atoms with E-state index in [9.17, 15) is 14.7 Å². The number of amides is 1. The summed E-state index contributed by atoms with van der Waals surface area (Å²) in [6, 6.07) is 18.1. The lowest BCUT2D eigenvalue weighted by Crippen LogP contribution is -2.40. The quantitative estimate of drug-likeness (QED) is 0.714. The molecule has 5 heteroatoms. The minimum atomic E-state index is -0.929. The van der Waals surface area contributed by atoms with Crippen molar-refractivity contribution in [3.05, 3.63) is 71.4 Å². The lowest BCUT2D eigenvalue weighted by molar-refractivity contribution is -0.137. The zero-order chi connectivity index (χ0) is 19.9. The average molecular weight is 376 g/mol. The summed E-state index contributed by atoms with van der Waals surface area (Å²) in [5.41, 5.74) is 9.53. The Kier molecular flexibility index (Phi) is 4.46. The van der Waals surface area contributed by atoms with Crippen molar-refractivity contribution in [2.75, 3.05) is 0 Å². The molecule has 1 aliphatic carbocycles. The van der Waals surface area contributed by atoms with E-state index in [-0.39, 0.29) is 12.0 Å². The van der Waals surface area contributed by atoms with Gasteiger partial charge in [-0.15, -0.1) is 0 Å². The summed E-state index contributed by atoms with van der Waals surface area (Å²) in [5.74, 6) is -1.85. The van der Waals surface area contributed by atoms with Gasteiger partial charge in [-0.1, -0.05) is 55.5 Å². The smallest absolute Gasteiger partial charge is 0.323 e. The standard InChI is InChI=1S/C23H24N2O3/c1-2-23(15-8-4-3-5-9-15)12-17-16-10-6-7-11-19(16)25(14-20(26)27)21(17)18(13-23)22(24)28/h3-11,18H,2,12-14H2,1H3,(H2,24,28)(H,26,27). The number of fused-ring (bicyclic) bond motifs is 3. The average Bonchev–Trinajstić information content (AvgIpc) is 3.01.